The van der Waals surface area contributed by atoms with Crippen molar-refractivity contribution < 1.29 is 19.1 Å². The summed E-state index contributed by atoms with van der Waals surface area (Å²) in [5.41, 5.74) is 4.05. The molecule has 1 amide bonds. The highest BCUT2D eigenvalue weighted by Gasteiger charge is 2.46. The number of halogens is 1. The Morgan fingerprint density at radius 2 is 1.89 bits per heavy atom. The largest absolute Gasteiger partial charge is 0.503 e. The number of thiazole rings is 1. The van der Waals surface area contributed by atoms with Gasteiger partial charge in [0.2, 0.25) is 5.78 Å². The molecular weight excluding hydrogens is 540 g/mol. The van der Waals surface area contributed by atoms with Crippen LogP contribution in [0.2, 0.25) is 0 Å². The number of aromatic nitrogens is 1. The molecule has 6 rings (SSSR count). The van der Waals surface area contributed by atoms with Crippen molar-refractivity contribution >= 4 is 65.3 Å². The molecule has 0 spiro atoms. The smallest absolute Gasteiger partial charge is 0.296 e. The van der Waals surface area contributed by atoms with E-state index in [4.69, 9.17) is 9.40 Å². The van der Waals surface area contributed by atoms with Crippen LogP contribution in [0.5, 0.6) is 0 Å². The molecule has 0 saturated heterocycles. The molecule has 178 valence electrons. The molecule has 0 fully saturated rings. The zero-order chi connectivity index (χ0) is 25.1. The second-order valence-corrected chi connectivity index (χ2v) is 10.7. The van der Waals surface area contributed by atoms with Gasteiger partial charge in [0.05, 0.1) is 21.8 Å². The number of fused-ring (bicyclic) bond motifs is 2. The molecule has 36 heavy (non-hydrogen) atoms. The Morgan fingerprint density at radius 1 is 1.08 bits per heavy atom. The molecule has 0 saturated carbocycles. The summed E-state index contributed by atoms with van der Waals surface area (Å²) in [6.07, 6.45) is 0. The van der Waals surface area contributed by atoms with Gasteiger partial charge in [-0.3, -0.25) is 14.5 Å². The third-order valence-corrected chi connectivity index (χ3v) is 7.79. The summed E-state index contributed by atoms with van der Waals surface area (Å²) >= 11 is 4.84. The molecule has 5 aromatic rings. The average molecular weight is 559 g/mol. The van der Waals surface area contributed by atoms with Gasteiger partial charge in [0.1, 0.15) is 5.58 Å². The molecule has 2 aromatic heterocycles. The summed E-state index contributed by atoms with van der Waals surface area (Å²) in [5.74, 6) is -1.76. The van der Waals surface area contributed by atoms with E-state index in [2.05, 4.69) is 15.9 Å². The number of nitrogens with zero attached hydrogens (tertiary/aromatic N) is 2. The van der Waals surface area contributed by atoms with E-state index in [1.807, 2.05) is 68.4 Å². The summed E-state index contributed by atoms with van der Waals surface area (Å²) in [5, 5.41) is 12.2. The van der Waals surface area contributed by atoms with Crippen LogP contribution in [0.15, 0.2) is 87.0 Å². The average Bonchev–Trinajstić information content (AvgIpc) is 3.53. The van der Waals surface area contributed by atoms with Gasteiger partial charge >= 0.3 is 0 Å². The van der Waals surface area contributed by atoms with Crippen molar-refractivity contribution in [1.29, 1.82) is 0 Å². The van der Waals surface area contributed by atoms with Gasteiger partial charge in [-0.2, -0.15) is 0 Å². The molecule has 0 unspecified atom stereocenters. The molecule has 1 aliphatic heterocycles. The van der Waals surface area contributed by atoms with Gasteiger partial charge < -0.3 is 9.52 Å². The lowest BCUT2D eigenvalue weighted by Crippen LogP contribution is -2.31. The molecule has 8 heteroatoms. The van der Waals surface area contributed by atoms with Gasteiger partial charge in [0.15, 0.2) is 16.7 Å². The third kappa shape index (κ3) is 3.56. The number of anilines is 1. The molecule has 0 bridgehead atoms. The first-order chi connectivity index (χ1) is 17.3. The fraction of sp³-hybridized carbons (Fsp3) is 0.107. The van der Waals surface area contributed by atoms with Gasteiger partial charge in [-0.15, -0.1) is 0 Å². The topological polar surface area (TPSA) is 83.6 Å². The number of aliphatic hydroxyl groups excluding tert-OH is 1. The maximum atomic E-state index is 13.8. The number of carbonyl (C=O) groups excluding carboxylic acids is 2. The number of amides is 1. The number of ketones is 1. The lowest BCUT2D eigenvalue weighted by atomic mass is 9.95. The number of aliphatic hydroxyl groups is 1. The highest BCUT2D eigenvalue weighted by atomic mass is 79.9. The standard InChI is InChI=1S/C28H19BrN2O4S/c1-14-10-15(2)23-21(11-14)36-28(30-23)31-24(17-7-5-8-18(29)12-17)22(26(33)27(31)34)25(32)20-13-16-6-3-4-9-19(16)35-20/h3-13,24,33H,1-2H3/t24-/m0/s1. The molecule has 1 aliphatic rings. The quantitative estimate of drug-likeness (QED) is 0.236. The van der Waals surface area contributed by atoms with E-state index in [1.165, 1.54) is 16.2 Å². The van der Waals surface area contributed by atoms with Crippen molar-refractivity contribution in [3.63, 3.8) is 0 Å². The molecule has 3 heterocycles. The highest BCUT2D eigenvalue weighted by molar-refractivity contribution is 9.10. The van der Waals surface area contributed by atoms with Gasteiger partial charge in [0.25, 0.3) is 5.91 Å². The number of rotatable bonds is 4. The predicted octanol–water partition coefficient (Wildman–Crippen LogP) is 7.20. The van der Waals surface area contributed by atoms with Crippen LogP contribution >= 0.6 is 27.3 Å². The molecular formula is C28H19BrN2O4S. The Kier molecular flexibility index (Phi) is 5.31. The van der Waals surface area contributed by atoms with Crippen molar-refractivity contribution in [2.24, 2.45) is 0 Å². The lowest BCUT2D eigenvalue weighted by molar-refractivity contribution is -0.117. The number of furan rings is 1. The zero-order valence-corrected chi connectivity index (χ0v) is 21.7. The van der Waals surface area contributed by atoms with Crippen LogP contribution in [0.25, 0.3) is 21.2 Å². The number of carbonyl (C=O) groups is 2. The van der Waals surface area contributed by atoms with Crippen LogP contribution < -0.4 is 4.90 Å². The van der Waals surface area contributed by atoms with E-state index in [1.54, 1.807) is 12.1 Å². The Morgan fingerprint density at radius 3 is 2.67 bits per heavy atom. The van der Waals surface area contributed by atoms with Gasteiger partial charge in [0, 0.05) is 9.86 Å². The molecule has 0 radical (unpaired) electrons. The Bertz CT molecular complexity index is 1720. The van der Waals surface area contributed by atoms with Crippen molar-refractivity contribution in [2.75, 3.05) is 4.90 Å². The Labute approximate surface area is 218 Å². The summed E-state index contributed by atoms with van der Waals surface area (Å²) in [6.45, 7) is 3.98. The summed E-state index contributed by atoms with van der Waals surface area (Å²) in [6, 6.07) is 19.4. The number of aryl methyl sites for hydroxylation is 2. The van der Waals surface area contributed by atoms with E-state index in [0.29, 0.717) is 16.3 Å². The first-order valence-corrected chi connectivity index (χ1v) is 12.9. The minimum Gasteiger partial charge on any atom is -0.503 e. The predicted molar refractivity (Wildman–Crippen MR) is 144 cm³/mol. The maximum absolute atomic E-state index is 13.8. The van der Waals surface area contributed by atoms with E-state index < -0.39 is 23.5 Å². The number of Topliss-reactive ketones (excluding diaryl/α,β-unsaturated/α-hetero) is 1. The highest BCUT2D eigenvalue weighted by Crippen LogP contribution is 2.45. The van der Waals surface area contributed by atoms with E-state index in [-0.39, 0.29) is 11.3 Å². The molecule has 1 N–H and O–H groups in total. The molecule has 0 aliphatic carbocycles. The fourth-order valence-electron chi connectivity index (χ4n) is 4.72. The minimum absolute atomic E-state index is 0.0377. The lowest BCUT2D eigenvalue weighted by Gasteiger charge is -2.24. The van der Waals surface area contributed by atoms with Crippen LogP contribution in [-0.2, 0) is 4.79 Å². The normalized spacial score (nSPS) is 16.0. The fourth-order valence-corrected chi connectivity index (χ4v) is 6.30. The number of hydrogen-bond acceptors (Lipinski definition) is 6. The summed E-state index contributed by atoms with van der Waals surface area (Å²) in [7, 11) is 0. The van der Waals surface area contributed by atoms with Crippen molar-refractivity contribution in [3.05, 3.63) is 105 Å². The van der Waals surface area contributed by atoms with Crippen molar-refractivity contribution in [1.82, 2.24) is 4.98 Å². The van der Waals surface area contributed by atoms with Crippen molar-refractivity contribution in [2.45, 2.75) is 19.9 Å². The van der Waals surface area contributed by atoms with E-state index in [0.717, 1.165) is 31.2 Å². The molecule has 3 aromatic carbocycles. The Hall–Kier alpha value is -3.75. The SMILES string of the molecule is Cc1cc(C)c2nc(N3C(=O)C(O)=C(C(=O)c4cc5ccccc5o4)[C@@H]3c3cccc(Br)c3)sc2c1. The summed E-state index contributed by atoms with van der Waals surface area (Å²) in [4.78, 5) is 33.4. The van der Waals surface area contributed by atoms with Crippen molar-refractivity contribution in [3.8, 4) is 0 Å². The summed E-state index contributed by atoms with van der Waals surface area (Å²) < 4.78 is 7.52. The first-order valence-electron chi connectivity index (χ1n) is 11.2. The monoisotopic (exact) mass is 558 g/mol. The third-order valence-electron chi connectivity index (χ3n) is 6.29. The van der Waals surface area contributed by atoms with Crippen LogP contribution in [0, 0.1) is 13.8 Å². The Balaban J connectivity index is 1.53. The number of para-hydroxylation sites is 1. The molecule has 1 atom stereocenters. The minimum atomic E-state index is -0.877. The van der Waals surface area contributed by atoms with Gasteiger partial charge in [-0.05, 0) is 60.9 Å². The molecule has 6 nitrogen and oxygen atoms in total. The number of hydrogen-bond donors (Lipinski definition) is 1. The van der Waals surface area contributed by atoms with Gasteiger partial charge in [-0.25, -0.2) is 4.98 Å². The second kappa shape index (κ2) is 8.43. The van der Waals surface area contributed by atoms with Gasteiger partial charge in [-0.1, -0.05) is 63.7 Å². The van der Waals surface area contributed by atoms with Crippen LogP contribution in [0.1, 0.15) is 33.3 Å². The van der Waals surface area contributed by atoms with E-state index in [9.17, 15) is 14.7 Å². The second-order valence-electron chi connectivity index (χ2n) is 8.80. The maximum Gasteiger partial charge on any atom is 0.296 e. The first kappa shape index (κ1) is 22.7. The number of benzene rings is 3. The van der Waals surface area contributed by atoms with E-state index >= 15 is 0 Å². The van der Waals surface area contributed by atoms with Crippen LogP contribution in [0.4, 0.5) is 5.13 Å². The van der Waals surface area contributed by atoms with Crippen LogP contribution in [-0.4, -0.2) is 21.8 Å². The zero-order valence-electron chi connectivity index (χ0n) is 19.3. The van der Waals surface area contributed by atoms with Crippen LogP contribution in [0.3, 0.4) is 0 Å².